The summed E-state index contributed by atoms with van der Waals surface area (Å²) in [5.74, 6) is 1.05. The first kappa shape index (κ1) is 16.8. The Kier molecular flexibility index (Phi) is 4.78. The van der Waals surface area contributed by atoms with Crippen molar-refractivity contribution in [2.24, 2.45) is 0 Å². The fourth-order valence-electron chi connectivity index (χ4n) is 3.07. The summed E-state index contributed by atoms with van der Waals surface area (Å²) >= 11 is 0. The zero-order valence-corrected chi connectivity index (χ0v) is 14.6. The number of ether oxygens (including phenoxy) is 2. The van der Waals surface area contributed by atoms with Gasteiger partial charge in [-0.25, -0.2) is 8.42 Å². The van der Waals surface area contributed by atoms with Crippen LogP contribution >= 0.6 is 0 Å². The molecule has 1 aliphatic heterocycles. The molecule has 1 heterocycles. The van der Waals surface area contributed by atoms with Crippen LogP contribution in [0.1, 0.15) is 17.9 Å². The molecule has 2 aromatic carbocycles. The summed E-state index contributed by atoms with van der Waals surface area (Å²) in [6.07, 6.45) is 0.815. The Morgan fingerprint density at radius 1 is 1.04 bits per heavy atom. The van der Waals surface area contributed by atoms with Gasteiger partial charge in [-0.2, -0.15) is 4.31 Å². The molecule has 0 amide bonds. The van der Waals surface area contributed by atoms with E-state index in [0.717, 1.165) is 6.42 Å². The van der Waals surface area contributed by atoms with Gasteiger partial charge in [0.2, 0.25) is 10.0 Å². The minimum Gasteiger partial charge on any atom is -0.497 e. The number of methoxy groups -OCH3 is 2. The molecule has 1 saturated heterocycles. The van der Waals surface area contributed by atoms with Gasteiger partial charge in [0.1, 0.15) is 16.4 Å². The van der Waals surface area contributed by atoms with Crippen molar-refractivity contribution in [3.05, 3.63) is 54.1 Å². The molecule has 0 aliphatic carbocycles. The fraction of sp³-hybridized carbons (Fsp3) is 0.333. The van der Waals surface area contributed by atoms with Crippen molar-refractivity contribution in [2.45, 2.75) is 17.2 Å². The maximum absolute atomic E-state index is 13.0. The predicted molar refractivity (Wildman–Crippen MR) is 92.1 cm³/mol. The molecular formula is C18H21NO4S. The lowest BCUT2D eigenvalue weighted by Gasteiger charge is -2.19. The first-order valence-electron chi connectivity index (χ1n) is 7.83. The van der Waals surface area contributed by atoms with Gasteiger partial charge in [0.15, 0.2) is 0 Å². The maximum atomic E-state index is 13.0. The topological polar surface area (TPSA) is 55.8 Å². The highest BCUT2D eigenvalue weighted by molar-refractivity contribution is 7.89. The van der Waals surface area contributed by atoms with Gasteiger partial charge in [0, 0.05) is 19.2 Å². The normalized spacial score (nSPS) is 18.5. The second-order valence-corrected chi connectivity index (χ2v) is 7.68. The number of sulfonamides is 1. The average Bonchev–Trinajstić information content (AvgIpc) is 3.13. The Morgan fingerprint density at radius 3 is 2.46 bits per heavy atom. The molecule has 6 heteroatoms. The van der Waals surface area contributed by atoms with Crippen LogP contribution in [-0.2, 0) is 10.0 Å². The van der Waals surface area contributed by atoms with Crippen LogP contribution < -0.4 is 9.47 Å². The van der Waals surface area contributed by atoms with Crippen molar-refractivity contribution >= 4 is 10.0 Å². The van der Waals surface area contributed by atoms with E-state index in [-0.39, 0.29) is 10.8 Å². The second-order valence-electron chi connectivity index (χ2n) is 5.78. The SMILES string of the molecule is COc1ccc(OC)c(S(=O)(=O)N2CCC(c3ccccc3)C2)c1. The van der Waals surface area contributed by atoms with Gasteiger partial charge in [-0.1, -0.05) is 30.3 Å². The van der Waals surface area contributed by atoms with E-state index in [4.69, 9.17) is 9.47 Å². The summed E-state index contributed by atoms with van der Waals surface area (Å²) in [6, 6.07) is 14.9. The Bertz CT molecular complexity index is 805. The molecule has 24 heavy (non-hydrogen) atoms. The van der Waals surface area contributed by atoms with Gasteiger partial charge >= 0.3 is 0 Å². The molecular weight excluding hydrogens is 326 g/mol. The quantitative estimate of drug-likeness (QED) is 0.834. The molecule has 0 N–H and O–H groups in total. The standard InChI is InChI=1S/C18H21NO4S/c1-22-16-8-9-17(23-2)18(12-16)24(20,21)19-11-10-15(13-19)14-6-4-3-5-7-14/h3-9,12,15H,10-11,13H2,1-2H3. The summed E-state index contributed by atoms with van der Waals surface area (Å²) in [7, 11) is -0.643. The summed E-state index contributed by atoms with van der Waals surface area (Å²) in [5, 5.41) is 0. The number of hydrogen-bond donors (Lipinski definition) is 0. The van der Waals surface area contributed by atoms with Crippen LogP contribution in [0.15, 0.2) is 53.4 Å². The second kappa shape index (κ2) is 6.83. The summed E-state index contributed by atoms with van der Waals surface area (Å²) in [6.45, 7) is 0.981. The summed E-state index contributed by atoms with van der Waals surface area (Å²) in [4.78, 5) is 0.151. The van der Waals surface area contributed by atoms with E-state index < -0.39 is 10.0 Å². The molecule has 0 aromatic heterocycles. The molecule has 0 saturated carbocycles. The van der Waals surface area contributed by atoms with Crippen molar-refractivity contribution in [3.8, 4) is 11.5 Å². The summed E-state index contributed by atoms with van der Waals surface area (Å²) < 4.78 is 38.0. The first-order valence-corrected chi connectivity index (χ1v) is 9.27. The van der Waals surface area contributed by atoms with E-state index in [9.17, 15) is 8.42 Å². The van der Waals surface area contributed by atoms with Crippen molar-refractivity contribution in [1.82, 2.24) is 4.31 Å². The lowest BCUT2D eigenvalue weighted by Crippen LogP contribution is -2.29. The highest BCUT2D eigenvalue weighted by Crippen LogP contribution is 2.35. The van der Waals surface area contributed by atoms with Gasteiger partial charge in [0.25, 0.3) is 0 Å². The van der Waals surface area contributed by atoms with E-state index in [0.29, 0.717) is 24.6 Å². The van der Waals surface area contributed by atoms with E-state index >= 15 is 0 Å². The monoisotopic (exact) mass is 347 g/mol. The van der Waals surface area contributed by atoms with Crippen LogP contribution in [0, 0.1) is 0 Å². The molecule has 3 rings (SSSR count). The molecule has 0 spiro atoms. The average molecular weight is 347 g/mol. The van der Waals surface area contributed by atoms with E-state index in [1.54, 1.807) is 12.1 Å². The van der Waals surface area contributed by atoms with Crippen LogP contribution in [0.25, 0.3) is 0 Å². The fourth-order valence-corrected chi connectivity index (χ4v) is 4.74. The molecule has 2 aromatic rings. The van der Waals surface area contributed by atoms with E-state index in [1.807, 2.05) is 30.3 Å². The third-order valence-electron chi connectivity index (χ3n) is 4.41. The Morgan fingerprint density at radius 2 is 1.79 bits per heavy atom. The van der Waals surface area contributed by atoms with Gasteiger partial charge in [-0.15, -0.1) is 0 Å². The molecule has 1 fully saturated rings. The Labute approximate surface area is 142 Å². The molecule has 1 unspecified atom stereocenters. The van der Waals surface area contributed by atoms with Crippen molar-refractivity contribution in [1.29, 1.82) is 0 Å². The molecule has 1 aliphatic rings. The third kappa shape index (κ3) is 3.12. The molecule has 1 atom stereocenters. The van der Waals surface area contributed by atoms with Crippen LogP contribution in [0.4, 0.5) is 0 Å². The largest absolute Gasteiger partial charge is 0.497 e. The zero-order chi connectivity index (χ0) is 17.2. The lowest BCUT2D eigenvalue weighted by atomic mass is 9.99. The molecule has 128 valence electrons. The van der Waals surface area contributed by atoms with Crippen molar-refractivity contribution in [2.75, 3.05) is 27.3 Å². The van der Waals surface area contributed by atoms with Crippen LogP contribution in [0.2, 0.25) is 0 Å². The predicted octanol–water partition coefficient (Wildman–Crippen LogP) is 2.88. The van der Waals surface area contributed by atoms with Gasteiger partial charge in [-0.3, -0.25) is 0 Å². The minimum absolute atomic E-state index is 0.151. The Hall–Kier alpha value is -2.05. The number of benzene rings is 2. The summed E-state index contributed by atoms with van der Waals surface area (Å²) in [5.41, 5.74) is 1.17. The van der Waals surface area contributed by atoms with Gasteiger partial charge < -0.3 is 9.47 Å². The van der Waals surface area contributed by atoms with Gasteiger partial charge in [0.05, 0.1) is 14.2 Å². The number of nitrogens with zero attached hydrogens (tertiary/aromatic N) is 1. The van der Waals surface area contributed by atoms with E-state index in [1.165, 1.54) is 30.2 Å². The van der Waals surface area contributed by atoms with Gasteiger partial charge in [-0.05, 0) is 30.0 Å². The molecule has 0 bridgehead atoms. The van der Waals surface area contributed by atoms with Crippen molar-refractivity contribution < 1.29 is 17.9 Å². The van der Waals surface area contributed by atoms with Crippen LogP contribution in [0.5, 0.6) is 11.5 Å². The Balaban J connectivity index is 1.89. The zero-order valence-electron chi connectivity index (χ0n) is 13.8. The third-order valence-corrected chi connectivity index (χ3v) is 6.30. The van der Waals surface area contributed by atoms with Crippen LogP contribution in [0.3, 0.4) is 0 Å². The lowest BCUT2D eigenvalue weighted by molar-refractivity contribution is 0.388. The van der Waals surface area contributed by atoms with Crippen LogP contribution in [-0.4, -0.2) is 40.0 Å². The first-order chi connectivity index (χ1) is 11.6. The number of rotatable bonds is 5. The molecule has 5 nitrogen and oxygen atoms in total. The smallest absolute Gasteiger partial charge is 0.246 e. The molecule has 0 radical (unpaired) electrons. The maximum Gasteiger partial charge on any atom is 0.246 e. The highest BCUT2D eigenvalue weighted by atomic mass is 32.2. The highest BCUT2D eigenvalue weighted by Gasteiger charge is 2.35. The number of hydrogen-bond acceptors (Lipinski definition) is 4. The van der Waals surface area contributed by atoms with E-state index in [2.05, 4.69) is 0 Å². The van der Waals surface area contributed by atoms with Crippen molar-refractivity contribution in [3.63, 3.8) is 0 Å². The minimum atomic E-state index is -3.63.